The number of rotatable bonds is 5. The number of hydrogen-bond donors (Lipinski definition) is 4. The van der Waals surface area contributed by atoms with Crippen molar-refractivity contribution in [2.24, 2.45) is 11.7 Å². The largest absolute Gasteiger partial charge is 0.469 e. The van der Waals surface area contributed by atoms with Crippen molar-refractivity contribution in [1.29, 1.82) is 5.41 Å². The van der Waals surface area contributed by atoms with Gasteiger partial charge in [-0.2, -0.15) is 0 Å². The van der Waals surface area contributed by atoms with E-state index in [-0.39, 0.29) is 29.7 Å². The molecule has 1 aromatic carbocycles. The number of esters is 1. The van der Waals surface area contributed by atoms with Crippen LogP contribution < -0.4 is 16.4 Å². The highest BCUT2D eigenvalue weighted by Gasteiger charge is 2.33. The molecule has 0 aromatic heterocycles. The van der Waals surface area contributed by atoms with Crippen LogP contribution in [0.5, 0.6) is 0 Å². The maximum Gasteiger partial charge on any atom is 0.310 e. The molecule has 22 heavy (non-hydrogen) atoms. The molecule has 7 heteroatoms. The minimum atomic E-state index is -0.374. The van der Waals surface area contributed by atoms with Gasteiger partial charge in [0.1, 0.15) is 5.84 Å². The average molecular weight is 304 g/mol. The molecule has 1 heterocycles. The summed E-state index contributed by atoms with van der Waals surface area (Å²) in [5, 5.41) is 13.2. The van der Waals surface area contributed by atoms with E-state index in [0.29, 0.717) is 25.1 Å². The Morgan fingerprint density at radius 2 is 2.09 bits per heavy atom. The zero-order valence-electron chi connectivity index (χ0n) is 12.4. The van der Waals surface area contributed by atoms with E-state index in [1.54, 1.807) is 12.1 Å². The molecule has 2 rings (SSSR count). The Balaban J connectivity index is 1.83. The first-order chi connectivity index (χ1) is 10.5. The van der Waals surface area contributed by atoms with E-state index < -0.39 is 0 Å². The fourth-order valence-electron chi connectivity index (χ4n) is 2.40. The molecule has 1 aliphatic heterocycles. The third-order valence-electron chi connectivity index (χ3n) is 3.71. The number of nitrogen functional groups attached to an aromatic ring is 1. The maximum absolute atomic E-state index is 12.1. The summed E-state index contributed by atoms with van der Waals surface area (Å²) in [5.41, 5.74) is 6.95. The Kier molecular flexibility index (Phi) is 5.11. The standard InChI is InChI=1S/C15H20N4O3/c1-22-15(21)11-6-12(18-8-11)14(20)19-7-9-2-4-10(5-3-9)13(16)17/h2-5,11-12,18H,6-8H2,1H3,(H3,16,17)(H,19,20)/t11?,12-/m0/s1. The summed E-state index contributed by atoms with van der Waals surface area (Å²) in [7, 11) is 1.35. The average Bonchev–Trinajstić information content (AvgIpc) is 3.02. The van der Waals surface area contributed by atoms with Gasteiger partial charge in [0, 0.05) is 18.7 Å². The van der Waals surface area contributed by atoms with Crippen LogP contribution in [-0.4, -0.2) is 37.4 Å². The van der Waals surface area contributed by atoms with E-state index in [1.807, 2.05) is 12.1 Å². The quantitative estimate of drug-likeness (QED) is 0.339. The van der Waals surface area contributed by atoms with Crippen LogP contribution in [0.4, 0.5) is 0 Å². The molecular formula is C15H20N4O3. The Morgan fingerprint density at radius 1 is 1.41 bits per heavy atom. The van der Waals surface area contributed by atoms with Gasteiger partial charge >= 0.3 is 5.97 Å². The molecule has 1 aliphatic rings. The molecular weight excluding hydrogens is 284 g/mol. The smallest absolute Gasteiger partial charge is 0.310 e. The number of nitrogens with two attached hydrogens (primary N) is 1. The summed E-state index contributed by atoms with van der Waals surface area (Å²) in [4.78, 5) is 23.5. The minimum Gasteiger partial charge on any atom is -0.469 e. The summed E-state index contributed by atoms with van der Waals surface area (Å²) in [5.74, 6) is -0.681. The molecule has 2 atom stereocenters. The molecule has 1 aromatic rings. The van der Waals surface area contributed by atoms with Gasteiger partial charge in [-0.1, -0.05) is 24.3 Å². The van der Waals surface area contributed by atoms with Crippen LogP contribution in [0, 0.1) is 11.3 Å². The molecule has 0 saturated carbocycles. The number of carbonyl (C=O) groups is 2. The van der Waals surface area contributed by atoms with Crippen LogP contribution in [0.25, 0.3) is 0 Å². The van der Waals surface area contributed by atoms with E-state index in [9.17, 15) is 9.59 Å². The topological polar surface area (TPSA) is 117 Å². The first-order valence-corrected chi connectivity index (χ1v) is 7.03. The van der Waals surface area contributed by atoms with Crippen LogP contribution in [0.2, 0.25) is 0 Å². The van der Waals surface area contributed by atoms with Gasteiger partial charge in [-0.05, 0) is 12.0 Å². The van der Waals surface area contributed by atoms with Crippen molar-refractivity contribution < 1.29 is 14.3 Å². The Hall–Kier alpha value is -2.41. The van der Waals surface area contributed by atoms with Gasteiger partial charge in [0.05, 0.1) is 19.1 Å². The Labute approximate surface area is 128 Å². The first-order valence-electron chi connectivity index (χ1n) is 7.03. The lowest BCUT2D eigenvalue weighted by atomic mass is 10.1. The van der Waals surface area contributed by atoms with Crippen LogP contribution >= 0.6 is 0 Å². The Morgan fingerprint density at radius 3 is 2.68 bits per heavy atom. The van der Waals surface area contributed by atoms with Gasteiger partial charge in [-0.3, -0.25) is 15.0 Å². The number of nitrogens with one attached hydrogen (secondary N) is 3. The van der Waals surface area contributed by atoms with Crippen molar-refractivity contribution in [3.63, 3.8) is 0 Å². The normalized spacial score (nSPS) is 20.4. The van der Waals surface area contributed by atoms with Crippen molar-refractivity contribution in [3.05, 3.63) is 35.4 Å². The second-order valence-corrected chi connectivity index (χ2v) is 5.25. The zero-order valence-corrected chi connectivity index (χ0v) is 12.4. The summed E-state index contributed by atoms with van der Waals surface area (Å²) in [6.45, 7) is 0.843. The van der Waals surface area contributed by atoms with Gasteiger partial charge in [0.25, 0.3) is 0 Å². The highest BCUT2D eigenvalue weighted by Crippen LogP contribution is 2.15. The number of ether oxygens (including phenoxy) is 1. The van der Waals surface area contributed by atoms with E-state index in [1.165, 1.54) is 7.11 Å². The van der Waals surface area contributed by atoms with E-state index in [2.05, 4.69) is 15.4 Å². The first kappa shape index (κ1) is 16.0. The second kappa shape index (κ2) is 7.04. The molecule has 1 fully saturated rings. The van der Waals surface area contributed by atoms with Crippen LogP contribution in [-0.2, 0) is 20.9 Å². The fourth-order valence-corrected chi connectivity index (χ4v) is 2.40. The summed E-state index contributed by atoms with van der Waals surface area (Å²) >= 11 is 0. The summed E-state index contributed by atoms with van der Waals surface area (Å²) < 4.78 is 4.68. The number of benzene rings is 1. The van der Waals surface area contributed by atoms with Crippen molar-refractivity contribution in [1.82, 2.24) is 10.6 Å². The minimum absolute atomic E-state index is 0.0135. The second-order valence-electron chi connectivity index (χ2n) is 5.25. The predicted octanol–water partition coefficient (Wildman–Crippen LogP) is -0.262. The molecule has 0 bridgehead atoms. The number of hydrogen-bond acceptors (Lipinski definition) is 5. The van der Waals surface area contributed by atoms with Crippen molar-refractivity contribution in [3.8, 4) is 0 Å². The maximum atomic E-state index is 12.1. The molecule has 1 saturated heterocycles. The van der Waals surface area contributed by atoms with Gasteiger partial charge < -0.3 is 21.1 Å². The molecule has 0 spiro atoms. The summed E-state index contributed by atoms with van der Waals surface area (Å²) in [6.07, 6.45) is 0.446. The molecule has 0 radical (unpaired) electrons. The van der Waals surface area contributed by atoms with Gasteiger partial charge in [-0.15, -0.1) is 0 Å². The van der Waals surface area contributed by atoms with Crippen LogP contribution in [0.1, 0.15) is 17.5 Å². The van der Waals surface area contributed by atoms with E-state index >= 15 is 0 Å². The molecule has 118 valence electrons. The van der Waals surface area contributed by atoms with E-state index in [0.717, 1.165) is 5.56 Å². The van der Waals surface area contributed by atoms with Crippen LogP contribution in [0.3, 0.4) is 0 Å². The lowest BCUT2D eigenvalue weighted by molar-refractivity contribution is -0.144. The molecule has 0 aliphatic carbocycles. The molecule has 5 N–H and O–H groups in total. The van der Waals surface area contributed by atoms with Gasteiger partial charge in [0.2, 0.25) is 5.91 Å². The number of amides is 1. The molecule has 7 nitrogen and oxygen atoms in total. The predicted molar refractivity (Wildman–Crippen MR) is 81.2 cm³/mol. The van der Waals surface area contributed by atoms with Gasteiger partial charge in [0.15, 0.2) is 0 Å². The lowest BCUT2D eigenvalue weighted by Gasteiger charge is -2.11. The monoisotopic (exact) mass is 304 g/mol. The fraction of sp³-hybridized carbons (Fsp3) is 0.400. The molecule has 1 unspecified atom stereocenters. The van der Waals surface area contributed by atoms with Gasteiger partial charge in [-0.25, -0.2) is 0 Å². The third kappa shape index (κ3) is 3.82. The lowest BCUT2D eigenvalue weighted by Crippen LogP contribution is -2.40. The third-order valence-corrected chi connectivity index (χ3v) is 3.71. The van der Waals surface area contributed by atoms with Crippen molar-refractivity contribution in [2.45, 2.75) is 19.0 Å². The van der Waals surface area contributed by atoms with E-state index in [4.69, 9.17) is 11.1 Å². The zero-order chi connectivity index (χ0) is 16.1. The van der Waals surface area contributed by atoms with Crippen LogP contribution in [0.15, 0.2) is 24.3 Å². The highest BCUT2D eigenvalue weighted by molar-refractivity contribution is 5.94. The number of methoxy groups -OCH3 is 1. The molecule has 1 amide bonds. The Bertz CT molecular complexity index is 571. The SMILES string of the molecule is COC(=O)C1CN[C@H](C(=O)NCc2ccc(C(=N)N)cc2)C1. The summed E-state index contributed by atoms with van der Waals surface area (Å²) in [6, 6.07) is 6.74. The highest BCUT2D eigenvalue weighted by atomic mass is 16.5. The number of amidine groups is 1. The van der Waals surface area contributed by atoms with Crippen molar-refractivity contribution in [2.75, 3.05) is 13.7 Å². The number of carbonyl (C=O) groups excluding carboxylic acids is 2. The van der Waals surface area contributed by atoms with Crippen molar-refractivity contribution >= 4 is 17.7 Å².